The largest absolute Gasteiger partial charge is 0.312 e. The zero-order valence-electron chi connectivity index (χ0n) is 9.58. The molecule has 0 atom stereocenters. The summed E-state index contributed by atoms with van der Waals surface area (Å²) in [6.07, 6.45) is 0. The zero-order chi connectivity index (χ0) is 13.0. The van der Waals surface area contributed by atoms with Crippen molar-refractivity contribution in [2.45, 2.75) is 18.4 Å². The van der Waals surface area contributed by atoms with Crippen molar-refractivity contribution in [2.75, 3.05) is 11.3 Å². The Kier molecular flexibility index (Phi) is 4.27. The molecule has 2 rings (SSSR count). The summed E-state index contributed by atoms with van der Waals surface area (Å²) in [6.45, 7) is 3.31. The minimum absolute atomic E-state index is 0.274. The number of sulfonamides is 1. The molecule has 0 fully saturated rings. The molecule has 6 nitrogen and oxygen atoms in total. The predicted octanol–water partition coefficient (Wildman–Crippen LogP) is 1.51. The third kappa shape index (κ3) is 3.05. The molecule has 0 unspecified atom stereocenters. The average Bonchev–Trinajstić information content (AvgIpc) is 2.96. The van der Waals surface area contributed by atoms with Crippen LogP contribution in [0.5, 0.6) is 0 Å². The highest BCUT2D eigenvalue weighted by Gasteiger charge is 2.20. The summed E-state index contributed by atoms with van der Waals surface area (Å²) in [5.41, 5.74) is 1.48. The molecule has 0 saturated carbocycles. The average molecular weight is 304 g/mol. The second kappa shape index (κ2) is 5.74. The maximum atomic E-state index is 12.2. The zero-order valence-corrected chi connectivity index (χ0v) is 12.0. The normalized spacial score (nSPS) is 11.6. The van der Waals surface area contributed by atoms with E-state index in [0.29, 0.717) is 11.4 Å². The smallest absolute Gasteiger partial charge is 0.264 e. The van der Waals surface area contributed by atoms with Crippen molar-refractivity contribution in [3.63, 3.8) is 0 Å². The number of nitrogens with zero attached hydrogens (tertiary/aromatic N) is 2. The third-order valence-electron chi connectivity index (χ3n) is 2.11. The SMILES string of the molecule is CCNCc1sccc1S(=O)(=O)Nc1nncs1. The summed E-state index contributed by atoms with van der Waals surface area (Å²) in [5.74, 6) is 0. The van der Waals surface area contributed by atoms with E-state index in [1.165, 1.54) is 16.8 Å². The molecular formula is C9H12N4O2S3. The summed E-state index contributed by atoms with van der Waals surface area (Å²) in [6, 6.07) is 1.60. The molecule has 2 heterocycles. The van der Waals surface area contributed by atoms with Crippen LogP contribution in [-0.4, -0.2) is 25.2 Å². The summed E-state index contributed by atoms with van der Waals surface area (Å²) >= 11 is 2.56. The van der Waals surface area contributed by atoms with Crippen molar-refractivity contribution in [2.24, 2.45) is 0 Å². The molecule has 98 valence electrons. The molecule has 0 saturated heterocycles. The Labute approximate surface area is 113 Å². The first-order chi connectivity index (χ1) is 8.63. The van der Waals surface area contributed by atoms with Gasteiger partial charge in [-0.05, 0) is 18.0 Å². The molecule has 0 aliphatic heterocycles. The fourth-order valence-corrected chi connectivity index (χ4v) is 4.43. The van der Waals surface area contributed by atoms with Crippen molar-refractivity contribution in [1.29, 1.82) is 0 Å². The standard InChI is InChI=1S/C9H12N4O2S3/c1-2-10-5-7-8(3-4-16-7)18(14,15)13-9-12-11-6-17-9/h3-4,6,10H,2,5H2,1H3,(H,12,13). The van der Waals surface area contributed by atoms with E-state index >= 15 is 0 Å². The Morgan fingerprint density at radius 2 is 2.22 bits per heavy atom. The maximum absolute atomic E-state index is 12.2. The van der Waals surface area contributed by atoms with Crippen LogP contribution in [0, 0.1) is 0 Å². The van der Waals surface area contributed by atoms with Gasteiger partial charge in [0.15, 0.2) is 0 Å². The molecule has 0 bridgehead atoms. The van der Waals surface area contributed by atoms with Crippen LogP contribution in [0.1, 0.15) is 11.8 Å². The van der Waals surface area contributed by atoms with E-state index in [9.17, 15) is 8.42 Å². The maximum Gasteiger partial charge on any atom is 0.264 e. The molecule has 0 radical (unpaired) electrons. The molecule has 9 heteroatoms. The van der Waals surface area contributed by atoms with Gasteiger partial charge in [0.05, 0.1) is 0 Å². The number of rotatable bonds is 6. The molecular weight excluding hydrogens is 292 g/mol. The van der Waals surface area contributed by atoms with Gasteiger partial charge in [0.2, 0.25) is 5.13 Å². The molecule has 0 spiro atoms. The quantitative estimate of drug-likeness (QED) is 0.845. The van der Waals surface area contributed by atoms with Gasteiger partial charge in [0.25, 0.3) is 10.0 Å². The van der Waals surface area contributed by atoms with Gasteiger partial charge < -0.3 is 5.32 Å². The monoisotopic (exact) mass is 304 g/mol. The Morgan fingerprint density at radius 3 is 2.89 bits per heavy atom. The van der Waals surface area contributed by atoms with Gasteiger partial charge in [0.1, 0.15) is 10.4 Å². The van der Waals surface area contributed by atoms with Crippen molar-refractivity contribution >= 4 is 37.8 Å². The fraction of sp³-hybridized carbons (Fsp3) is 0.333. The highest BCUT2D eigenvalue weighted by molar-refractivity contribution is 7.93. The molecule has 2 aromatic heterocycles. The fourth-order valence-electron chi connectivity index (χ4n) is 1.32. The Balaban J connectivity index is 2.22. The van der Waals surface area contributed by atoms with Gasteiger partial charge in [0, 0.05) is 11.4 Å². The lowest BCUT2D eigenvalue weighted by atomic mass is 10.4. The molecule has 0 aliphatic carbocycles. The highest BCUT2D eigenvalue weighted by atomic mass is 32.2. The van der Waals surface area contributed by atoms with E-state index < -0.39 is 10.0 Å². The van der Waals surface area contributed by atoms with Crippen molar-refractivity contribution in [3.05, 3.63) is 21.8 Å². The van der Waals surface area contributed by atoms with Crippen LogP contribution >= 0.6 is 22.7 Å². The first kappa shape index (κ1) is 13.4. The van der Waals surface area contributed by atoms with Crippen LogP contribution in [0.2, 0.25) is 0 Å². The van der Waals surface area contributed by atoms with Gasteiger partial charge in [-0.3, -0.25) is 4.72 Å². The molecule has 18 heavy (non-hydrogen) atoms. The van der Waals surface area contributed by atoms with E-state index in [-0.39, 0.29) is 5.13 Å². The lowest BCUT2D eigenvalue weighted by Crippen LogP contribution is -2.17. The Hall–Kier alpha value is -1.03. The summed E-state index contributed by atoms with van der Waals surface area (Å²) in [5, 5.41) is 12.4. The van der Waals surface area contributed by atoms with Gasteiger partial charge in [-0.15, -0.1) is 21.5 Å². The Morgan fingerprint density at radius 1 is 1.39 bits per heavy atom. The van der Waals surface area contributed by atoms with Gasteiger partial charge in [-0.2, -0.15) is 0 Å². The van der Waals surface area contributed by atoms with Crippen LogP contribution in [-0.2, 0) is 16.6 Å². The van der Waals surface area contributed by atoms with E-state index in [0.717, 1.165) is 22.8 Å². The van der Waals surface area contributed by atoms with Crippen LogP contribution in [0.25, 0.3) is 0 Å². The number of thiophene rings is 1. The molecule has 0 aliphatic rings. The molecule has 0 amide bonds. The lowest BCUT2D eigenvalue weighted by Gasteiger charge is -2.06. The second-order valence-electron chi connectivity index (χ2n) is 3.34. The van der Waals surface area contributed by atoms with E-state index in [2.05, 4.69) is 20.2 Å². The van der Waals surface area contributed by atoms with E-state index in [4.69, 9.17) is 0 Å². The number of hydrogen-bond acceptors (Lipinski definition) is 7. The first-order valence-corrected chi connectivity index (χ1v) is 8.44. The van der Waals surface area contributed by atoms with Gasteiger partial charge in [-0.1, -0.05) is 18.3 Å². The molecule has 2 N–H and O–H groups in total. The Bertz CT molecular complexity index is 591. The minimum atomic E-state index is -3.57. The number of nitrogens with one attached hydrogen (secondary N) is 2. The molecule has 2 aromatic rings. The number of anilines is 1. The van der Waals surface area contributed by atoms with Crippen molar-refractivity contribution < 1.29 is 8.42 Å². The van der Waals surface area contributed by atoms with Gasteiger partial charge in [-0.25, -0.2) is 8.42 Å². The summed E-state index contributed by atoms with van der Waals surface area (Å²) in [7, 11) is -3.57. The third-order valence-corrected chi connectivity index (χ3v) is 5.32. The summed E-state index contributed by atoms with van der Waals surface area (Å²) < 4.78 is 26.7. The van der Waals surface area contributed by atoms with Crippen LogP contribution < -0.4 is 10.0 Å². The van der Waals surface area contributed by atoms with Crippen LogP contribution in [0.15, 0.2) is 21.9 Å². The molecule has 0 aromatic carbocycles. The topological polar surface area (TPSA) is 84.0 Å². The van der Waals surface area contributed by atoms with Crippen LogP contribution in [0.3, 0.4) is 0 Å². The lowest BCUT2D eigenvalue weighted by molar-refractivity contribution is 0.599. The van der Waals surface area contributed by atoms with Crippen molar-refractivity contribution in [1.82, 2.24) is 15.5 Å². The van der Waals surface area contributed by atoms with E-state index in [1.807, 2.05) is 6.92 Å². The van der Waals surface area contributed by atoms with E-state index in [1.54, 1.807) is 11.4 Å². The highest BCUT2D eigenvalue weighted by Crippen LogP contribution is 2.24. The number of hydrogen-bond donors (Lipinski definition) is 2. The summed E-state index contributed by atoms with van der Waals surface area (Å²) in [4.78, 5) is 1.08. The second-order valence-corrected chi connectivity index (χ2v) is 6.82. The van der Waals surface area contributed by atoms with Crippen LogP contribution in [0.4, 0.5) is 5.13 Å². The minimum Gasteiger partial charge on any atom is -0.312 e. The van der Waals surface area contributed by atoms with Crippen molar-refractivity contribution in [3.8, 4) is 0 Å². The number of aromatic nitrogens is 2. The van der Waals surface area contributed by atoms with Gasteiger partial charge >= 0.3 is 0 Å². The first-order valence-electron chi connectivity index (χ1n) is 5.19. The predicted molar refractivity (Wildman–Crippen MR) is 72.4 cm³/mol.